The van der Waals surface area contributed by atoms with E-state index in [9.17, 15) is 0 Å². The van der Waals surface area contributed by atoms with E-state index < -0.39 is 0 Å². The summed E-state index contributed by atoms with van der Waals surface area (Å²) in [5, 5.41) is 9.47. The number of imidazole rings is 1. The molecule has 340 valence electrons. The first kappa shape index (κ1) is 39.9. The Bertz CT molecular complexity index is 4460. The molecule has 0 aliphatic heterocycles. The third-order valence-electron chi connectivity index (χ3n) is 15.3. The lowest BCUT2D eigenvalue weighted by Crippen LogP contribution is -2.14. The molecule has 16 rings (SSSR count). The van der Waals surface area contributed by atoms with Crippen LogP contribution in [0.25, 0.3) is 138 Å². The summed E-state index contributed by atoms with van der Waals surface area (Å²) in [6.45, 7) is 0. The van der Waals surface area contributed by atoms with E-state index in [1.54, 1.807) is 0 Å². The van der Waals surface area contributed by atoms with Crippen LogP contribution in [-0.4, -0.2) is 27.8 Å². The monoisotopic (exact) mass is 930 g/mol. The summed E-state index contributed by atoms with van der Waals surface area (Å²) in [6.07, 6.45) is 0. The second kappa shape index (κ2) is 15.3. The van der Waals surface area contributed by atoms with E-state index in [1.165, 1.54) is 43.1 Å². The molecule has 11 aromatic carbocycles. The molecule has 0 N–H and O–H groups in total. The molecule has 0 aliphatic carbocycles. The Kier molecular flexibility index (Phi) is 8.36. The molecule has 0 aliphatic rings. The van der Waals surface area contributed by atoms with Crippen LogP contribution >= 0.6 is 0 Å². The van der Waals surface area contributed by atoms with Gasteiger partial charge in [0.2, 0.25) is 0 Å². The number of hydrogen-bond acceptors (Lipinski definition) is 1. The first-order chi connectivity index (χ1) is 36.3. The maximum Gasteiger partial charge on any atom is 0.150 e. The number of hydrogen-bond donors (Lipinski definition) is 0. The van der Waals surface area contributed by atoms with Gasteiger partial charge in [-0.25, -0.2) is 4.98 Å². The van der Waals surface area contributed by atoms with Crippen LogP contribution in [0, 0.1) is 0 Å². The average molecular weight is 931 g/mol. The third-order valence-corrected chi connectivity index (χ3v) is 15.3. The molecule has 5 aromatic heterocycles. The zero-order valence-electron chi connectivity index (χ0n) is 39.4. The molecule has 0 fully saturated rings. The van der Waals surface area contributed by atoms with E-state index in [0.29, 0.717) is 0 Å². The van der Waals surface area contributed by atoms with Crippen molar-refractivity contribution in [3.63, 3.8) is 0 Å². The van der Waals surface area contributed by atoms with Crippen molar-refractivity contribution < 1.29 is 0 Å². The van der Waals surface area contributed by atoms with Gasteiger partial charge < -0.3 is 18.3 Å². The van der Waals surface area contributed by atoms with Gasteiger partial charge in [0.1, 0.15) is 5.82 Å². The smallest absolute Gasteiger partial charge is 0.150 e. The lowest BCUT2D eigenvalue weighted by atomic mass is 10.0. The van der Waals surface area contributed by atoms with Crippen molar-refractivity contribution in [3.8, 4) is 39.8 Å². The van der Waals surface area contributed by atoms with Crippen LogP contribution in [0.5, 0.6) is 0 Å². The topological polar surface area (TPSA) is 37.5 Å². The fourth-order valence-corrected chi connectivity index (χ4v) is 12.4. The molecular formula is C67H42N6. The van der Waals surface area contributed by atoms with E-state index >= 15 is 0 Å². The Morgan fingerprint density at radius 2 is 0.507 bits per heavy atom. The van der Waals surface area contributed by atoms with Gasteiger partial charge in [-0.05, 0) is 78.9 Å². The average Bonchev–Trinajstić information content (AvgIpc) is 4.26. The lowest BCUT2D eigenvalue weighted by Gasteiger charge is -2.28. The van der Waals surface area contributed by atoms with Crippen molar-refractivity contribution in [2.24, 2.45) is 0 Å². The highest BCUT2D eigenvalue weighted by Crippen LogP contribution is 2.50. The van der Waals surface area contributed by atoms with Crippen LogP contribution < -0.4 is 0 Å². The van der Waals surface area contributed by atoms with E-state index in [4.69, 9.17) is 4.98 Å². The highest BCUT2D eigenvalue weighted by atomic mass is 15.1. The summed E-state index contributed by atoms with van der Waals surface area (Å²) in [5.41, 5.74) is 16.9. The van der Waals surface area contributed by atoms with Crippen molar-refractivity contribution in [2.75, 3.05) is 0 Å². The highest BCUT2D eigenvalue weighted by molar-refractivity contribution is 6.16. The summed E-state index contributed by atoms with van der Waals surface area (Å²) in [7, 11) is 0. The Labute approximate surface area is 418 Å². The molecular weight excluding hydrogens is 889 g/mol. The van der Waals surface area contributed by atoms with E-state index in [1.807, 2.05) is 0 Å². The minimum absolute atomic E-state index is 0.825. The van der Waals surface area contributed by atoms with Crippen LogP contribution in [0.3, 0.4) is 0 Å². The third kappa shape index (κ3) is 5.54. The standard InChI is InChI=1S/C67H42N6/c1-2-22-43(23-3-1)69-61-41-21-12-32-52(61)68-67(69)64-65(72-57-37-17-8-28-48(57)49-29-9-18-38-58(49)72)62(70-53-33-13-4-24-44(53)45-25-5-14-34-54(45)70)42-63(71-55-35-15-6-26-46(55)47-27-7-16-36-56(47)71)66(64)73-59-39-19-10-30-50(59)51-31-11-20-40-60(51)73/h1-42H. The molecule has 6 heteroatoms. The second-order valence-electron chi connectivity index (χ2n) is 19.1. The molecule has 0 radical (unpaired) electrons. The van der Waals surface area contributed by atoms with Crippen molar-refractivity contribution >= 4 is 98.3 Å². The molecule has 73 heavy (non-hydrogen) atoms. The normalized spacial score (nSPS) is 12.1. The maximum atomic E-state index is 5.93. The number of benzene rings is 11. The molecule has 0 unspecified atom stereocenters. The van der Waals surface area contributed by atoms with Crippen molar-refractivity contribution in [2.45, 2.75) is 0 Å². The first-order valence-corrected chi connectivity index (χ1v) is 25.0. The van der Waals surface area contributed by atoms with Gasteiger partial charge >= 0.3 is 0 Å². The predicted molar refractivity (Wildman–Crippen MR) is 304 cm³/mol. The molecule has 0 spiro atoms. The van der Waals surface area contributed by atoms with Gasteiger partial charge in [-0.3, -0.25) is 4.57 Å². The minimum atomic E-state index is 0.825. The van der Waals surface area contributed by atoms with Crippen LogP contribution in [0.4, 0.5) is 0 Å². The summed E-state index contributed by atoms with van der Waals surface area (Å²) in [6, 6.07) is 93.0. The van der Waals surface area contributed by atoms with Crippen LogP contribution in [0.15, 0.2) is 255 Å². The Hall–Kier alpha value is -9.91. The number of para-hydroxylation sites is 11. The van der Waals surface area contributed by atoms with Gasteiger partial charge in [0, 0.05) is 48.8 Å². The molecule has 0 amide bonds. The number of nitrogens with zero attached hydrogens (tertiary/aromatic N) is 6. The molecule has 5 heterocycles. The molecule has 0 saturated heterocycles. The molecule has 0 bridgehead atoms. The maximum absolute atomic E-state index is 5.93. The van der Waals surface area contributed by atoms with Crippen molar-refractivity contribution in [1.82, 2.24) is 27.8 Å². The quantitative estimate of drug-likeness (QED) is 0.164. The summed E-state index contributed by atoms with van der Waals surface area (Å²) in [5.74, 6) is 0.825. The second-order valence-corrected chi connectivity index (χ2v) is 19.1. The van der Waals surface area contributed by atoms with Gasteiger partial charge in [-0.1, -0.05) is 176 Å². The van der Waals surface area contributed by atoms with Crippen LogP contribution in [-0.2, 0) is 0 Å². The van der Waals surface area contributed by atoms with E-state index in [0.717, 1.165) is 95.0 Å². The minimum Gasteiger partial charge on any atom is -0.307 e. The molecule has 6 nitrogen and oxygen atoms in total. The SMILES string of the molecule is c1ccc(-n2c(-c3c(-n4c5ccccc5c5ccccc54)c(-n4c5ccccc5c5ccccc54)cc(-n4c5ccccc5c5ccccc54)c3-n3c4ccccc4c4ccccc43)nc3ccccc32)cc1. The first-order valence-electron chi connectivity index (χ1n) is 25.0. The Morgan fingerprint density at radius 3 is 0.849 bits per heavy atom. The van der Waals surface area contributed by atoms with Crippen molar-refractivity contribution in [1.29, 1.82) is 0 Å². The zero-order valence-corrected chi connectivity index (χ0v) is 39.4. The van der Waals surface area contributed by atoms with Crippen LogP contribution in [0.1, 0.15) is 0 Å². The fraction of sp³-hybridized carbons (Fsp3) is 0. The van der Waals surface area contributed by atoms with Crippen molar-refractivity contribution in [3.05, 3.63) is 255 Å². The summed E-state index contributed by atoms with van der Waals surface area (Å²) < 4.78 is 12.5. The number of rotatable bonds is 6. The summed E-state index contributed by atoms with van der Waals surface area (Å²) in [4.78, 5) is 5.93. The largest absolute Gasteiger partial charge is 0.307 e. The van der Waals surface area contributed by atoms with Gasteiger partial charge in [0.25, 0.3) is 0 Å². The Balaban J connectivity index is 1.27. The zero-order chi connectivity index (χ0) is 47.7. The van der Waals surface area contributed by atoms with Gasteiger partial charge in [0.05, 0.1) is 83.5 Å². The molecule has 16 aromatic rings. The molecule has 0 saturated carbocycles. The fourth-order valence-electron chi connectivity index (χ4n) is 12.4. The predicted octanol–water partition coefficient (Wildman–Crippen LogP) is 17.1. The van der Waals surface area contributed by atoms with E-state index in [2.05, 4.69) is 278 Å². The van der Waals surface area contributed by atoms with Gasteiger partial charge in [0.15, 0.2) is 0 Å². The number of aromatic nitrogens is 6. The lowest BCUT2D eigenvalue weighted by molar-refractivity contribution is 1.02. The van der Waals surface area contributed by atoms with Crippen LogP contribution in [0.2, 0.25) is 0 Å². The summed E-state index contributed by atoms with van der Waals surface area (Å²) >= 11 is 0. The molecule has 0 atom stereocenters. The van der Waals surface area contributed by atoms with Gasteiger partial charge in [-0.15, -0.1) is 0 Å². The number of fused-ring (bicyclic) bond motifs is 13. The Morgan fingerprint density at radius 1 is 0.233 bits per heavy atom. The van der Waals surface area contributed by atoms with Gasteiger partial charge in [-0.2, -0.15) is 0 Å². The van der Waals surface area contributed by atoms with E-state index in [-0.39, 0.29) is 0 Å². The highest BCUT2D eigenvalue weighted by Gasteiger charge is 2.33.